The number of hydrogen-bond acceptors (Lipinski definition) is 3. The average Bonchev–Trinajstić information content (AvgIpc) is 3.09. The molecular formula is C13H19ClN2O2. The summed E-state index contributed by atoms with van der Waals surface area (Å²) in [6.07, 6.45) is 2.35. The first-order valence-electron chi connectivity index (χ1n) is 5.85. The molecule has 0 radical (unpaired) electrons. The first-order chi connectivity index (χ1) is 8.15. The number of rotatable bonds is 5. The molecule has 0 saturated heterocycles. The third kappa shape index (κ3) is 3.37. The summed E-state index contributed by atoms with van der Waals surface area (Å²) in [6, 6.07) is 7.81. The van der Waals surface area contributed by atoms with Crippen molar-refractivity contribution in [2.45, 2.75) is 24.8 Å². The lowest BCUT2D eigenvalue weighted by Crippen LogP contribution is -2.43. The molecule has 1 saturated carbocycles. The Morgan fingerprint density at radius 1 is 1.44 bits per heavy atom. The van der Waals surface area contributed by atoms with Crippen molar-refractivity contribution in [3.63, 3.8) is 0 Å². The Balaban J connectivity index is 0.00000162. The van der Waals surface area contributed by atoms with E-state index in [0.29, 0.717) is 6.54 Å². The second-order valence-corrected chi connectivity index (χ2v) is 4.47. The van der Waals surface area contributed by atoms with Crippen LogP contribution < -0.4 is 15.8 Å². The fourth-order valence-electron chi connectivity index (χ4n) is 1.76. The highest BCUT2D eigenvalue weighted by Crippen LogP contribution is 2.32. The van der Waals surface area contributed by atoms with Gasteiger partial charge in [-0.05, 0) is 30.9 Å². The van der Waals surface area contributed by atoms with Crippen molar-refractivity contribution in [1.82, 2.24) is 5.32 Å². The predicted molar refractivity (Wildman–Crippen MR) is 73.1 cm³/mol. The molecule has 1 amide bonds. The maximum Gasteiger partial charge on any atom is 0.240 e. The Hall–Kier alpha value is -1.26. The Kier molecular flexibility index (Phi) is 4.99. The predicted octanol–water partition coefficient (Wildman–Crippen LogP) is 1.27. The van der Waals surface area contributed by atoms with E-state index in [1.807, 2.05) is 24.3 Å². The smallest absolute Gasteiger partial charge is 0.240 e. The minimum Gasteiger partial charge on any atom is -0.496 e. The van der Waals surface area contributed by atoms with Crippen LogP contribution in [0, 0.1) is 0 Å². The van der Waals surface area contributed by atoms with E-state index in [1.54, 1.807) is 7.11 Å². The molecule has 0 aliphatic heterocycles. The fourth-order valence-corrected chi connectivity index (χ4v) is 1.76. The van der Waals surface area contributed by atoms with E-state index >= 15 is 0 Å². The number of para-hydroxylation sites is 1. The minimum absolute atomic E-state index is 0. The Morgan fingerprint density at radius 2 is 2.11 bits per heavy atom. The van der Waals surface area contributed by atoms with E-state index in [2.05, 4.69) is 5.32 Å². The van der Waals surface area contributed by atoms with Gasteiger partial charge in [-0.15, -0.1) is 12.4 Å². The molecule has 0 unspecified atom stereocenters. The average molecular weight is 271 g/mol. The van der Waals surface area contributed by atoms with Gasteiger partial charge >= 0.3 is 0 Å². The highest BCUT2D eigenvalue weighted by Gasteiger charge is 2.45. The van der Waals surface area contributed by atoms with Crippen LogP contribution in [0.15, 0.2) is 24.3 Å². The number of hydrogen-bond donors (Lipinski definition) is 2. The molecule has 18 heavy (non-hydrogen) atoms. The Morgan fingerprint density at radius 3 is 2.72 bits per heavy atom. The summed E-state index contributed by atoms with van der Waals surface area (Å²) >= 11 is 0. The van der Waals surface area contributed by atoms with Crippen LogP contribution >= 0.6 is 12.4 Å². The van der Waals surface area contributed by atoms with Crippen molar-refractivity contribution < 1.29 is 9.53 Å². The van der Waals surface area contributed by atoms with Gasteiger partial charge in [0.05, 0.1) is 12.6 Å². The summed E-state index contributed by atoms with van der Waals surface area (Å²) in [6.45, 7) is 0.595. The Bertz CT molecular complexity index is 419. The molecule has 1 aliphatic carbocycles. The van der Waals surface area contributed by atoms with Gasteiger partial charge in [0.1, 0.15) is 5.75 Å². The lowest BCUT2D eigenvalue weighted by molar-refractivity contribution is -0.123. The molecule has 0 heterocycles. The van der Waals surface area contributed by atoms with Crippen molar-refractivity contribution in [2.24, 2.45) is 5.73 Å². The van der Waals surface area contributed by atoms with Gasteiger partial charge in [-0.2, -0.15) is 0 Å². The van der Waals surface area contributed by atoms with E-state index in [4.69, 9.17) is 10.5 Å². The number of halogens is 1. The SMILES string of the molecule is COc1ccccc1CCNC(=O)C1(N)CC1.Cl. The number of nitrogens with one attached hydrogen (secondary N) is 1. The zero-order valence-electron chi connectivity index (χ0n) is 10.4. The molecule has 100 valence electrons. The van der Waals surface area contributed by atoms with Crippen LogP contribution in [-0.4, -0.2) is 25.1 Å². The van der Waals surface area contributed by atoms with Crippen molar-refractivity contribution in [3.8, 4) is 5.75 Å². The van der Waals surface area contributed by atoms with E-state index < -0.39 is 5.54 Å². The normalized spacial score (nSPS) is 15.4. The first kappa shape index (κ1) is 14.8. The fraction of sp³-hybridized carbons (Fsp3) is 0.462. The van der Waals surface area contributed by atoms with E-state index in [1.165, 1.54) is 0 Å². The second kappa shape index (κ2) is 6.07. The number of nitrogens with two attached hydrogens (primary N) is 1. The number of carbonyl (C=O) groups excluding carboxylic acids is 1. The molecule has 1 fully saturated rings. The van der Waals surface area contributed by atoms with E-state index in [-0.39, 0.29) is 18.3 Å². The van der Waals surface area contributed by atoms with Crippen LogP contribution in [0.25, 0.3) is 0 Å². The van der Waals surface area contributed by atoms with Crippen molar-refractivity contribution in [1.29, 1.82) is 0 Å². The van der Waals surface area contributed by atoms with Crippen LogP contribution in [-0.2, 0) is 11.2 Å². The zero-order valence-corrected chi connectivity index (χ0v) is 11.3. The molecule has 0 aromatic heterocycles. The number of benzene rings is 1. The third-order valence-corrected chi connectivity index (χ3v) is 3.11. The van der Waals surface area contributed by atoms with Gasteiger partial charge in [-0.1, -0.05) is 18.2 Å². The molecule has 0 bridgehead atoms. The molecule has 3 N–H and O–H groups in total. The van der Waals surface area contributed by atoms with Crippen LogP contribution in [0.2, 0.25) is 0 Å². The van der Waals surface area contributed by atoms with Gasteiger partial charge < -0.3 is 15.8 Å². The maximum atomic E-state index is 11.6. The largest absolute Gasteiger partial charge is 0.496 e. The number of methoxy groups -OCH3 is 1. The molecule has 0 atom stereocenters. The summed E-state index contributed by atoms with van der Waals surface area (Å²) in [5.41, 5.74) is 6.30. The van der Waals surface area contributed by atoms with Crippen molar-refractivity contribution >= 4 is 18.3 Å². The number of amides is 1. The monoisotopic (exact) mass is 270 g/mol. The van der Waals surface area contributed by atoms with Gasteiger partial charge in [0.25, 0.3) is 0 Å². The van der Waals surface area contributed by atoms with Crippen LogP contribution in [0.5, 0.6) is 5.75 Å². The van der Waals surface area contributed by atoms with E-state index in [0.717, 1.165) is 30.6 Å². The zero-order chi connectivity index (χ0) is 12.3. The molecule has 4 nitrogen and oxygen atoms in total. The highest BCUT2D eigenvalue weighted by molar-refractivity contribution is 5.88. The third-order valence-electron chi connectivity index (χ3n) is 3.11. The summed E-state index contributed by atoms with van der Waals surface area (Å²) in [5.74, 6) is 0.822. The Labute approximate surface area is 113 Å². The van der Waals surface area contributed by atoms with Crippen LogP contribution in [0.3, 0.4) is 0 Å². The summed E-state index contributed by atoms with van der Waals surface area (Å²) in [4.78, 5) is 11.6. The molecular weight excluding hydrogens is 252 g/mol. The summed E-state index contributed by atoms with van der Waals surface area (Å²) < 4.78 is 5.25. The quantitative estimate of drug-likeness (QED) is 0.847. The summed E-state index contributed by atoms with van der Waals surface area (Å²) in [5, 5.41) is 2.87. The number of ether oxygens (including phenoxy) is 1. The first-order valence-corrected chi connectivity index (χ1v) is 5.85. The standard InChI is InChI=1S/C13H18N2O2.ClH/c1-17-11-5-3-2-4-10(11)6-9-15-12(16)13(14)7-8-13;/h2-5H,6-9,14H2,1H3,(H,15,16);1H. The van der Waals surface area contributed by atoms with Crippen LogP contribution in [0.1, 0.15) is 18.4 Å². The van der Waals surface area contributed by atoms with E-state index in [9.17, 15) is 4.79 Å². The van der Waals surface area contributed by atoms with Gasteiger partial charge in [0.2, 0.25) is 5.91 Å². The lowest BCUT2D eigenvalue weighted by atomic mass is 10.1. The molecule has 1 aliphatic rings. The van der Waals surface area contributed by atoms with Gasteiger partial charge in [-0.25, -0.2) is 0 Å². The molecule has 1 aromatic rings. The summed E-state index contributed by atoms with van der Waals surface area (Å²) in [7, 11) is 1.65. The molecule has 1 aromatic carbocycles. The number of carbonyl (C=O) groups is 1. The van der Waals surface area contributed by atoms with Gasteiger partial charge in [0.15, 0.2) is 0 Å². The molecule has 2 rings (SSSR count). The molecule has 5 heteroatoms. The maximum absolute atomic E-state index is 11.6. The van der Waals surface area contributed by atoms with Crippen molar-refractivity contribution in [2.75, 3.05) is 13.7 Å². The van der Waals surface area contributed by atoms with Crippen LogP contribution in [0.4, 0.5) is 0 Å². The highest BCUT2D eigenvalue weighted by atomic mass is 35.5. The van der Waals surface area contributed by atoms with Gasteiger partial charge in [-0.3, -0.25) is 4.79 Å². The lowest BCUT2D eigenvalue weighted by Gasteiger charge is -2.11. The van der Waals surface area contributed by atoms with Gasteiger partial charge in [0, 0.05) is 6.54 Å². The minimum atomic E-state index is -0.583. The second-order valence-electron chi connectivity index (χ2n) is 4.47. The molecule has 0 spiro atoms. The topological polar surface area (TPSA) is 64.3 Å². The van der Waals surface area contributed by atoms with Crippen molar-refractivity contribution in [3.05, 3.63) is 29.8 Å².